The summed E-state index contributed by atoms with van der Waals surface area (Å²) in [5, 5.41) is 21.5. The van der Waals surface area contributed by atoms with Crippen molar-refractivity contribution in [1.29, 1.82) is 0 Å². The van der Waals surface area contributed by atoms with Gasteiger partial charge in [0.05, 0.1) is 23.1 Å². The molecule has 0 unspecified atom stereocenters. The molecule has 7 nitrogen and oxygen atoms in total. The zero-order valence-electron chi connectivity index (χ0n) is 15.1. The van der Waals surface area contributed by atoms with Gasteiger partial charge in [0, 0.05) is 11.1 Å². The van der Waals surface area contributed by atoms with Crippen LogP contribution < -0.4 is 10.2 Å². The van der Waals surface area contributed by atoms with Crippen molar-refractivity contribution in [1.82, 2.24) is 9.78 Å². The van der Waals surface area contributed by atoms with E-state index in [-0.39, 0.29) is 17.1 Å². The fourth-order valence-corrected chi connectivity index (χ4v) is 3.44. The Kier molecular flexibility index (Phi) is 5.17. The topological polar surface area (TPSA) is 118 Å². The fourth-order valence-electron chi connectivity index (χ4n) is 2.92. The first-order valence-electron chi connectivity index (χ1n) is 8.35. The van der Waals surface area contributed by atoms with Crippen molar-refractivity contribution in [2.24, 2.45) is 5.14 Å². The highest BCUT2D eigenvalue weighted by Gasteiger charge is 2.21. The molecule has 0 radical (unpaired) electrons. The van der Waals surface area contributed by atoms with Gasteiger partial charge in [-0.3, -0.25) is 4.68 Å². The van der Waals surface area contributed by atoms with Crippen LogP contribution >= 0.6 is 0 Å². The lowest BCUT2D eigenvalue weighted by Crippen LogP contribution is -2.26. The molecule has 1 aromatic heterocycles. The second-order valence-corrected chi connectivity index (χ2v) is 7.83. The van der Waals surface area contributed by atoms with Crippen LogP contribution in [-0.4, -0.2) is 24.2 Å². The smallest absolute Gasteiger partial charge is 0.238 e. The predicted octanol–water partition coefficient (Wildman–Crippen LogP) is 1.72. The van der Waals surface area contributed by atoms with E-state index in [4.69, 9.17) is 5.14 Å². The third-order valence-electron chi connectivity index (χ3n) is 4.24. The lowest BCUT2D eigenvalue weighted by atomic mass is 9.98. The highest BCUT2D eigenvalue weighted by atomic mass is 32.2. The zero-order chi connectivity index (χ0) is 20.5. The standard InChI is InChI=1S/C20H19N3O4S/c1-3-12-23-19(20(24)25)17(14-6-4-13(2)5-7-14)18(22-23)15-8-10-16(11-9-15)28(21,26)27/h3-11H,1,12H2,2H3,(H,24,25)(H2,21,26,27)/p-1. The van der Waals surface area contributed by atoms with E-state index in [1.807, 2.05) is 19.1 Å². The van der Waals surface area contributed by atoms with Gasteiger partial charge in [0.1, 0.15) is 5.69 Å². The van der Waals surface area contributed by atoms with Crippen LogP contribution in [0.1, 0.15) is 16.1 Å². The number of aromatic nitrogens is 2. The molecule has 0 aliphatic heterocycles. The minimum Gasteiger partial charge on any atom is -0.543 e. The van der Waals surface area contributed by atoms with Gasteiger partial charge in [-0.1, -0.05) is 48.0 Å². The first kappa shape index (κ1) is 19.5. The van der Waals surface area contributed by atoms with Gasteiger partial charge in [0.15, 0.2) is 0 Å². The normalized spacial score (nSPS) is 11.4. The molecule has 0 amide bonds. The summed E-state index contributed by atoms with van der Waals surface area (Å²) in [5.41, 5.74) is 2.94. The number of nitrogens with two attached hydrogens (primary N) is 1. The monoisotopic (exact) mass is 396 g/mol. The lowest BCUT2D eigenvalue weighted by molar-refractivity contribution is -0.255. The first-order chi connectivity index (χ1) is 13.2. The number of carbonyl (C=O) groups excluding carboxylic acids is 1. The van der Waals surface area contributed by atoms with E-state index in [9.17, 15) is 18.3 Å². The maximum absolute atomic E-state index is 11.9. The predicted molar refractivity (Wildman–Crippen MR) is 104 cm³/mol. The van der Waals surface area contributed by atoms with Crippen molar-refractivity contribution in [2.45, 2.75) is 18.4 Å². The number of carboxylic acids is 1. The molecular formula is C20H18N3O4S-. The van der Waals surface area contributed by atoms with Crippen LogP contribution in [-0.2, 0) is 16.6 Å². The van der Waals surface area contributed by atoms with Gasteiger partial charge in [0.2, 0.25) is 10.0 Å². The second kappa shape index (κ2) is 7.41. The summed E-state index contributed by atoms with van der Waals surface area (Å²) in [6, 6.07) is 13.1. The van der Waals surface area contributed by atoms with Gasteiger partial charge in [-0.25, -0.2) is 13.6 Å². The third kappa shape index (κ3) is 3.73. The number of allylic oxidation sites excluding steroid dienone is 1. The van der Waals surface area contributed by atoms with Crippen LogP contribution in [0.2, 0.25) is 0 Å². The minimum atomic E-state index is -3.84. The number of nitrogens with zero attached hydrogens (tertiary/aromatic N) is 2. The van der Waals surface area contributed by atoms with Crippen molar-refractivity contribution >= 4 is 16.0 Å². The first-order valence-corrected chi connectivity index (χ1v) is 9.90. The Balaban J connectivity index is 2.28. The largest absolute Gasteiger partial charge is 0.543 e. The van der Waals surface area contributed by atoms with Crippen molar-refractivity contribution in [3.63, 3.8) is 0 Å². The van der Waals surface area contributed by atoms with Gasteiger partial charge >= 0.3 is 0 Å². The summed E-state index contributed by atoms with van der Waals surface area (Å²) in [6.45, 7) is 5.74. The van der Waals surface area contributed by atoms with Crippen LogP contribution in [0.25, 0.3) is 22.4 Å². The maximum Gasteiger partial charge on any atom is 0.238 e. The zero-order valence-corrected chi connectivity index (χ0v) is 15.9. The Morgan fingerprint density at radius 3 is 2.21 bits per heavy atom. The summed E-state index contributed by atoms with van der Waals surface area (Å²) >= 11 is 0. The third-order valence-corrected chi connectivity index (χ3v) is 5.17. The maximum atomic E-state index is 11.9. The number of hydrogen-bond donors (Lipinski definition) is 1. The van der Waals surface area contributed by atoms with Gasteiger partial charge in [-0.2, -0.15) is 5.10 Å². The van der Waals surface area contributed by atoms with Crippen LogP contribution in [0.15, 0.2) is 66.1 Å². The number of rotatable bonds is 6. The molecule has 0 spiro atoms. The molecule has 0 bridgehead atoms. The van der Waals surface area contributed by atoms with E-state index >= 15 is 0 Å². The van der Waals surface area contributed by atoms with Crippen LogP contribution in [0.4, 0.5) is 0 Å². The number of carbonyl (C=O) groups is 1. The van der Waals surface area contributed by atoms with E-state index in [1.54, 1.807) is 12.1 Å². The Labute approximate surface area is 162 Å². The quantitative estimate of drug-likeness (QED) is 0.637. The molecule has 1 heterocycles. The number of aromatic carboxylic acids is 1. The van der Waals surface area contributed by atoms with Gasteiger partial charge < -0.3 is 9.90 Å². The highest BCUT2D eigenvalue weighted by molar-refractivity contribution is 7.89. The molecule has 0 fully saturated rings. The summed E-state index contributed by atoms with van der Waals surface area (Å²) in [7, 11) is -3.84. The molecule has 0 aliphatic rings. The molecule has 3 aromatic rings. The number of benzene rings is 2. The molecule has 28 heavy (non-hydrogen) atoms. The number of hydrogen-bond acceptors (Lipinski definition) is 5. The average Bonchev–Trinajstić information content (AvgIpc) is 3.01. The van der Waals surface area contributed by atoms with Crippen molar-refractivity contribution < 1.29 is 18.3 Å². The van der Waals surface area contributed by atoms with Crippen LogP contribution in [0.3, 0.4) is 0 Å². The van der Waals surface area contributed by atoms with Crippen LogP contribution in [0.5, 0.6) is 0 Å². The van der Waals surface area contributed by atoms with E-state index in [0.717, 1.165) is 5.56 Å². The van der Waals surface area contributed by atoms with Gasteiger partial charge in [-0.15, -0.1) is 6.58 Å². The molecular weight excluding hydrogens is 378 g/mol. The van der Waals surface area contributed by atoms with Crippen molar-refractivity contribution in [3.8, 4) is 22.4 Å². The fraction of sp³-hybridized carbons (Fsp3) is 0.100. The molecule has 0 saturated carbocycles. The highest BCUT2D eigenvalue weighted by Crippen LogP contribution is 2.35. The average molecular weight is 396 g/mol. The summed E-state index contributed by atoms with van der Waals surface area (Å²) < 4.78 is 24.3. The van der Waals surface area contributed by atoms with Crippen molar-refractivity contribution in [3.05, 3.63) is 72.4 Å². The molecule has 2 N–H and O–H groups in total. The summed E-state index contributed by atoms with van der Waals surface area (Å²) in [6.07, 6.45) is 1.53. The number of sulfonamides is 1. The minimum absolute atomic E-state index is 0.0428. The Bertz CT molecular complexity index is 1150. The van der Waals surface area contributed by atoms with E-state index in [0.29, 0.717) is 22.4 Å². The molecule has 3 rings (SSSR count). The van der Waals surface area contributed by atoms with E-state index in [1.165, 1.54) is 35.0 Å². The number of aryl methyl sites for hydroxylation is 1. The Hall–Kier alpha value is -3.23. The number of carboxylic acid groups (broad SMARTS) is 1. The molecule has 8 heteroatoms. The second-order valence-electron chi connectivity index (χ2n) is 6.27. The molecule has 0 aliphatic carbocycles. The summed E-state index contributed by atoms with van der Waals surface area (Å²) in [4.78, 5) is 11.8. The molecule has 0 atom stereocenters. The van der Waals surface area contributed by atoms with E-state index in [2.05, 4.69) is 11.7 Å². The van der Waals surface area contributed by atoms with Crippen molar-refractivity contribution in [2.75, 3.05) is 0 Å². The van der Waals surface area contributed by atoms with Gasteiger partial charge in [-0.05, 0) is 24.6 Å². The molecule has 0 saturated heterocycles. The lowest BCUT2D eigenvalue weighted by Gasteiger charge is -2.10. The molecule has 144 valence electrons. The summed E-state index contributed by atoms with van der Waals surface area (Å²) in [5.74, 6) is -1.36. The van der Waals surface area contributed by atoms with E-state index < -0.39 is 16.0 Å². The molecule has 2 aromatic carbocycles. The Morgan fingerprint density at radius 1 is 1.14 bits per heavy atom. The van der Waals surface area contributed by atoms with Gasteiger partial charge in [0.25, 0.3) is 0 Å². The Morgan fingerprint density at radius 2 is 1.71 bits per heavy atom. The van der Waals surface area contributed by atoms with Crippen LogP contribution in [0, 0.1) is 6.92 Å². The number of primary sulfonamides is 1. The SMILES string of the molecule is C=CCn1nc(-c2ccc(S(N)(=O)=O)cc2)c(-c2ccc(C)cc2)c1C(=O)[O-].